The number of esters is 2. The average Bonchev–Trinajstić information content (AvgIpc) is 2.53. The number of carbonyl (C=O) groups excluding carboxylic acids is 2. The highest BCUT2D eigenvalue weighted by molar-refractivity contribution is 6.18. The van der Waals surface area contributed by atoms with E-state index in [1.807, 2.05) is 0 Å². The van der Waals surface area contributed by atoms with Crippen molar-refractivity contribution in [1.29, 1.82) is 0 Å². The van der Waals surface area contributed by atoms with Crippen molar-refractivity contribution in [3.8, 4) is 5.75 Å². The molecule has 24 heavy (non-hydrogen) atoms. The monoisotopic (exact) mass is 332 g/mol. The third-order valence-corrected chi connectivity index (χ3v) is 3.71. The summed E-state index contributed by atoms with van der Waals surface area (Å²) in [4.78, 5) is 23.8. The van der Waals surface area contributed by atoms with E-state index < -0.39 is 17.7 Å². The Labute approximate surface area is 140 Å². The van der Waals surface area contributed by atoms with E-state index in [1.54, 1.807) is 24.3 Å². The van der Waals surface area contributed by atoms with E-state index in [9.17, 15) is 9.59 Å². The summed E-state index contributed by atoms with van der Waals surface area (Å²) < 4.78 is 21.4. The molecule has 6 heteroatoms. The molecule has 0 radical (unpaired) electrons. The second-order valence-electron chi connectivity index (χ2n) is 6.22. The van der Waals surface area contributed by atoms with Gasteiger partial charge in [-0.1, -0.05) is 12.1 Å². The summed E-state index contributed by atoms with van der Waals surface area (Å²) in [5.74, 6) is -1.93. The number of hydrogen-bond donors (Lipinski definition) is 0. The number of cyclic esters (lactones) is 2. The van der Waals surface area contributed by atoms with Crippen LogP contribution in [0.2, 0.25) is 0 Å². The Balaban J connectivity index is 1.69. The molecule has 1 aromatic carbocycles. The van der Waals surface area contributed by atoms with Crippen LogP contribution >= 0.6 is 0 Å². The Bertz CT molecular complexity index is 631. The van der Waals surface area contributed by atoms with Gasteiger partial charge < -0.3 is 18.9 Å². The molecule has 0 aromatic heterocycles. The molecule has 0 aliphatic carbocycles. The molecular formula is C18H20O6. The maximum absolute atomic E-state index is 11.9. The van der Waals surface area contributed by atoms with Gasteiger partial charge in [-0.3, -0.25) is 0 Å². The molecule has 0 spiro atoms. The van der Waals surface area contributed by atoms with Crippen LogP contribution in [0.4, 0.5) is 0 Å². The molecule has 6 nitrogen and oxygen atoms in total. The van der Waals surface area contributed by atoms with Crippen LogP contribution in [0.25, 0.3) is 6.08 Å². The molecule has 2 fully saturated rings. The van der Waals surface area contributed by atoms with E-state index in [1.165, 1.54) is 19.9 Å². The lowest BCUT2D eigenvalue weighted by atomic mass is 10.1. The summed E-state index contributed by atoms with van der Waals surface area (Å²) in [5, 5.41) is 0. The molecule has 0 N–H and O–H groups in total. The fraction of sp³-hybridized carbons (Fsp3) is 0.444. The second-order valence-corrected chi connectivity index (χ2v) is 6.22. The Morgan fingerprint density at radius 3 is 2.33 bits per heavy atom. The lowest BCUT2D eigenvalue weighted by molar-refractivity contribution is -0.222. The normalized spacial score (nSPS) is 23.2. The minimum absolute atomic E-state index is 0.126. The summed E-state index contributed by atoms with van der Waals surface area (Å²) in [5.41, 5.74) is 0.550. The largest absolute Gasteiger partial charge is 0.465 e. The molecule has 0 saturated carbocycles. The van der Waals surface area contributed by atoms with Gasteiger partial charge >= 0.3 is 11.9 Å². The van der Waals surface area contributed by atoms with Crippen LogP contribution < -0.4 is 4.74 Å². The number of ether oxygens (including phenoxy) is 4. The van der Waals surface area contributed by atoms with Crippen LogP contribution in [0.5, 0.6) is 5.75 Å². The van der Waals surface area contributed by atoms with Gasteiger partial charge in [0.05, 0.1) is 6.61 Å². The minimum Gasteiger partial charge on any atom is -0.465 e. The zero-order valence-electron chi connectivity index (χ0n) is 13.7. The van der Waals surface area contributed by atoms with Gasteiger partial charge in [0, 0.05) is 20.3 Å². The third kappa shape index (κ3) is 3.94. The molecule has 3 rings (SSSR count). The van der Waals surface area contributed by atoms with Gasteiger partial charge in [-0.05, 0) is 36.6 Å². The predicted octanol–water partition coefficient (Wildman–Crippen LogP) is 2.81. The van der Waals surface area contributed by atoms with Crippen LogP contribution in [0.1, 0.15) is 38.7 Å². The lowest BCUT2D eigenvalue weighted by Crippen LogP contribution is -2.41. The predicted molar refractivity (Wildman–Crippen MR) is 84.9 cm³/mol. The van der Waals surface area contributed by atoms with Gasteiger partial charge in [-0.15, -0.1) is 0 Å². The van der Waals surface area contributed by atoms with Gasteiger partial charge in [0.1, 0.15) is 11.3 Å². The number of rotatable bonds is 3. The van der Waals surface area contributed by atoms with Crippen LogP contribution in [-0.4, -0.2) is 30.6 Å². The van der Waals surface area contributed by atoms with Crippen LogP contribution in [0.15, 0.2) is 29.8 Å². The smallest absolute Gasteiger partial charge is 0.348 e. The maximum Gasteiger partial charge on any atom is 0.348 e. The summed E-state index contributed by atoms with van der Waals surface area (Å²) >= 11 is 0. The second kappa shape index (κ2) is 6.65. The van der Waals surface area contributed by atoms with E-state index >= 15 is 0 Å². The highest BCUT2D eigenvalue weighted by Gasteiger charge is 2.38. The van der Waals surface area contributed by atoms with Crippen molar-refractivity contribution in [2.45, 2.75) is 45.2 Å². The molecule has 1 unspecified atom stereocenters. The van der Waals surface area contributed by atoms with Gasteiger partial charge in [0.15, 0.2) is 6.29 Å². The van der Waals surface area contributed by atoms with Crippen LogP contribution in [0.3, 0.4) is 0 Å². The average molecular weight is 332 g/mol. The van der Waals surface area contributed by atoms with Crippen LogP contribution in [0, 0.1) is 0 Å². The maximum atomic E-state index is 11.9. The minimum atomic E-state index is -1.23. The lowest BCUT2D eigenvalue weighted by Gasteiger charge is -2.29. The summed E-state index contributed by atoms with van der Waals surface area (Å²) in [6.45, 7) is 3.74. The van der Waals surface area contributed by atoms with Gasteiger partial charge in [-0.25, -0.2) is 9.59 Å². The Morgan fingerprint density at radius 1 is 1.08 bits per heavy atom. The zero-order chi connectivity index (χ0) is 17.2. The fourth-order valence-electron chi connectivity index (χ4n) is 2.54. The molecule has 0 amide bonds. The first-order chi connectivity index (χ1) is 11.4. The highest BCUT2D eigenvalue weighted by Crippen LogP contribution is 2.25. The number of carbonyl (C=O) groups is 2. The summed E-state index contributed by atoms with van der Waals surface area (Å²) in [7, 11) is 0. The van der Waals surface area contributed by atoms with Gasteiger partial charge in [-0.2, -0.15) is 0 Å². The van der Waals surface area contributed by atoms with Crippen LogP contribution in [-0.2, 0) is 23.8 Å². The molecule has 0 bridgehead atoms. The van der Waals surface area contributed by atoms with Crippen molar-refractivity contribution in [3.63, 3.8) is 0 Å². The van der Waals surface area contributed by atoms with E-state index in [-0.39, 0.29) is 11.9 Å². The first kappa shape index (κ1) is 16.5. The first-order valence-corrected chi connectivity index (χ1v) is 8.00. The Morgan fingerprint density at radius 2 is 1.75 bits per heavy atom. The summed E-state index contributed by atoms with van der Waals surface area (Å²) in [6, 6.07) is 7.05. The van der Waals surface area contributed by atoms with Crippen molar-refractivity contribution in [2.24, 2.45) is 0 Å². The van der Waals surface area contributed by atoms with Crippen molar-refractivity contribution >= 4 is 18.0 Å². The van der Waals surface area contributed by atoms with E-state index in [2.05, 4.69) is 0 Å². The quantitative estimate of drug-likeness (QED) is 0.481. The van der Waals surface area contributed by atoms with E-state index in [0.717, 1.165) is 25.9 Å². The van der Waals surface area contributed by atoms with Crippen molar-refractivity contribution in [1.82, 2.24) is 0 Å². The molecule has 1 aromatic rings. The molecule has 1 atom stereocenters. The Kier molecular flexibility index (Phi) is 4.57. The topological polar surface area (TPSA) is 71.1 Å². The standard InChI is InChI=1S/C18H20O6/c1-18(2)23-16(19)14(17(20)24-18)11-12-6-8-13(9-7-12)22-15-5-3-4-10-21-15/h6-9,11,15H,3-5,10H2,1-2H3. The fourth-order valence-corrected chi connectivity index (χ4v) is 2.54. The number of benzene rings is 1. The zero-order valence-corrected chi connectivity index (χ0v) is 13.7. The van der Waals surface area contributed by atoms with Gasteiger partial charge in [0.25, 0.3) is 5.79 Å². The molecule has 2 heterocycles. The van der Waals surface area contributed by atoms with E-state index in [4.69, 9.17) is 18.9 Å². The molecular weight excluding hydrogens is 312 g/mol. The van der Waals surface area contributed by atoms with Crippen molar-refractivity contribution in [3.05, 3.63) is 35.4 Å². The van der Waals surface area contributed by atoms with Crippen molar-refractivity contribution < 1.29 is 28.5 Å². The summed E-state index contributed by atoms with van der Waals surface area (Å²) in [6.07, 6.45) is 4.26. The molecule has 2 aliphatic heterocycles. The highest BCUT2D eigenvalue weighted by atomic mass is 16.7. The van der Waals surface area contributed by atoms with Gasteiger partial charge in [0.2, 0.25) is 0 Å². The third-order valence-electron chi connectivity index (χ3n) is 3.71. The molecule has 2 aliphatic rings. The number of hydrogen-bond acceptors (Lipinski definition) is 6. The van der Waals surface area contributed by atoms with E-state index in [0.29, 0.717) is 11.3 Å². The Hall–Kier alpha value is -2.34. The molecule has 128 valence electrons. The first-order valence-electron chi connectivity index (χ1n) is 8.00. The molecule has 2 saturated heterocycles. The SMILES string of the molecule is CC1(C)OC(=O)C(=Cc2ccc(OC3CCCCO3)cc2)C(=O)O1. The van der Waals surface area contributed by atoms with Crippen molar-refractivity contribution in [2.75, 3.05) is 6.61 Å².